The van der Waals surface area contributed by atoms with Gasteiger partial charge in [-0.15, -0.1) is 0 Å². The number of fused-ring (bicyclic) bond motifs is 1. The van der Waals surface area contributed by atoms with Crippen molar-refractivity contribution in [2.75, 3.05) is 6.54 Å². The van der Waals surface area contributed by atoms with Crippen LogP contribution < -0.4 is 5.32 Å². The zero-order valence-corrected chi connectivity index (χ0v) is 5.79. The predicted octanol–water partition coefficient (Wildman–Crippen LogP) is 0.589. The fourth-order valence-electron chi connectivity index (χ4n) is 1.00. The lowest BCUT2D eigenvalue weighted by Crippen LogP contribution is -2.22. The molecule has 2 nitrogen and oxygen atoms in total. The largest absolute Gasteiger partial charge is 0.312 e. The van der Waals surface area contributed by atoms with Gasteiger partial charge in [-0.2, -0.15) is 4.37 Å². The van der Waals surface area contributed by atoms with E-state index >= 15 is 0 Å². The second-order valence-corrected chi connectivity index (χ2v) is 2.71. The molecule has 0 atom stereocenters. The van der Waals surface area contributed by atoms with Crippen molar-refractivity contribution in [3.8, 4) is 0 Å². The molecule has 1 aromatic heterocycles. The lowest BCUT2D eigenvalue weighted by molar-refractivity contribution is 0.638. The first kappa shape index (κ1) is 5.38. The minimum atomic E-state index is 0.964. The average molecular weight is 139 g/mol. The molecule has 0 fully saturated rings. The first-order valence-electron chi connectivity index (χ1n) is 3.02. The lowest BCUT2D eigenvalue weighted by Gasteiger charge is -2.09. The molecular weight excluding hydrogens is 132 g/mol. The Labute approximate surface area is 58.1 Å². The zero-order valence-electron chi connectivity index (χ0n) is 4.98. The van der Waals surface area contributed by atoms with Gasteiger partial charge in [0.05, 0.1) is 11.1 Å². The minimum absolute atomic E-state index is 0.964. The first-order chi connectivity index (χ1) is 4.47. The highest BCUT2D eigenvalue weighted by atomic mass is 32.1. The maximum absolute atomic E-state index is 4.20. The SMILES string of the molecule is [c]1snc2c1CNCC2. The van der Waals surface area contributed by atoms with E-state index in [0.717, 1.165) is 19.5 Å². The first-order valence-corrected chi connectivity index (χ1v) is 3.80. The van der Waals surface area contributed by atoms with Crippen LogP contribution >= 0.6 is 11.5 Å². The smallest absolute Gasteiger partial charge is 0.0717 e. The van der Waals surface area contributed by atoms with Crippen molar-refractivity contribution in [3.63, 3.8) is 0 Å². The van der Waals surface area contributed by atoms with Crippen molar-refractivity contribution in [3.05, 3.63) is 16.6 Å². The summed E-state index contributed by atoms with van der Waals surface area (Å²) in [6, 6.07) is 0. The van der Waals surface area contributed by atoms with Gasteiger partial charge in [-0.1, -0.05) is 0 Å². The van der Waals surface area contributed by atoms with Crippen molar-refractivity contribution >= 4 is 11.5 Å². The van der Waals surface area contributed by atoms with E-state index in [4.69, 9.17) is 0 Å². The Morgan fingerprint density at radius 2 is 2.67 bits per heavy atom. The fourth-order valence-corrected chi connectivity index (χ4v) is 1.66. The molecule has 2 rings (SSSR count). The van der Waals surface area contributed by atoms with E-state index in [1.807, 2.05) is 0 Å². The van der Waals surface area contributed by atoms with Crippen LogP contribution in [0.1, 0.15) is 11.3 Å². The third kappa shape index (κ3) is 0.862. The molecule has 0 saturated heterocycles. The third-order valence-electron chi connectivity index (χ3n) is 1.51. The van der Waals surface area contributed by atoms with E-state index in [2.05, 4.69) is 15.1 Å². The number of hydrogen-bond donors (Lipinski definition) is 1. The Morgan fingerprint density at radius 3 is 3.56 bits per heavy atom. The van der Waals surface area contributed by atoms with Gasteiger partial charge in [0.1, 0.15) is 0 Å². The molecule has 0 amide bonds. The van der Waals surface area contributed by atoms with Crippen LogP contribution in [0.4, 0.5) is 0 Å². The standard InChI is InChI=1S/C6H7N2S/c1-2-7-3-5-4-9-8-6(1)5/h7H,1-3H2. The van der Waals surface area contributed by atoms with Crippen LogP contribution in [0.3, 0.4) is 0 Å². The monoisotopic (exact) mass is 139 g/mol. The van der Waals surface area contributed by atoms with Crippen LogP contribution in [0.25, 0.3) is 0 Å². The van der Waals surface area contributed by atoms with Gasteiger partial charge in [0.15, 0.2) is 0 Å². The van der Waals surface area contributed by atoms with Gasteiger partial charge in [0.2, 0.25) is 0 Å². The van der Waals surface area contributed by atoms with Gasteiger partial charge in [-0.3, -0.25) is 0 Å². The number of hydrogen-bond acceptors (Lipinski definition) is 3. The number of nitrogens with one attached hydrogen (secondary N) is 1. The quantitative estimate of drug-likeness (QED) is 0.569. The van der Waals surface area contributed by atoms with Gasteiger partial charge < -0.3 is 5.32 Å². The number of nitrogens with zero attached hydrogens (tertiary/aromatic N) is 1. The summed E-state index contributed by atoms with van der Waals surface area (Å²) in [4.78, 5) is 0. The van der Waals surface area contributed by atoms with Gasteiger partial charge in [0.25, 0.3) is 0 Å². The van der Waals surface area contributed by atoms with Crippen molar-refractivity contribution < 1.29 is 0 Å². The summed E-state index contributed by atoms with van der Waals surface area (Å²) in [5.41, 5.74) is 2.52. The minimum Gasteiger partial charge on any atom is -0.312 e. The molecule has 1 radical (unpaired) electrons. The molecule has 1 N–H and O–H groups in total. The molecule has 1 aromatic rings. The molecule has 1 aliphatic heterocycles. The zero-order chi connectivity index (χ0) is 6.10. The molecule has 1 aliphatic rings. The van der Waals surface area contributed by atoms with Gasteiger partial charge >= 0.3 is 0 Å². The second-order valence-electron chi connectivity index (χ2n) is 2.14. The number of rotatable bonds is 0. The highest BCUT2D eigenvalue weighted by Gasteiger charge is 2.09. The van der Waals surface area contributed by atoms with E-state index in [9.17, 15) is 0 Å². The summed E-state index contributed by atoms with van der Waals surface area (Å²) >= 11 is 1.44. The summed E-state index contributed by atoms with van der Waals surface area (Å²) in [6.07, 6.45) is 1.08. The normalized spacial score (nSPS) is 17.3. The van der Waals surface area contributed by atoms with Crippen LogP contribution in [0.15, 0.2) is 0 Å². The van der Waals surface area contributed by atoms with E-state index in [0.29, 0.717) is 0 Å². The van der Waals surface area contributed by atoms with Crippen LogP contribution in [0.5, 0.6) is 0 Å². The Bertz CT molecular complexity index is 186. The summed E-state index contributed by atoms with van der Waals surface area (Å²) in [6.45, 7) is 2.04. The van der Waals surface area contributed by atoms with Crippen molar-refractivity contribution in [1.29, 1.82) is 0 Å². The van der Waals surface area contributed by atoms with E-state index in [1.54, 1.807) is 0 Å². The molecule has 2 heterocycles. The molecule has 0 aromatic carbocycles. The number of aromatic nitrogens is 1. The topological polar surface area (TPSA) is 24.9 Å². The maximum atomic E-state index is 4.20. The van der Waals surface area contributed by atoms with Crippen molar-refractivity contribution in [1.82, 2.24) is 9.69 Å². The molecule has 0 spiro atoms. The molecule has 3 heteroatoms. The molecule has 0 unspecified atom stereocenters. The highest BCUT2D eigenvalue weighted by molar-refractivity contribution is 7.03. The van der Waals surface area contributed by atoms with Gasteiger partial charge in [-0.25, -0.2) is 0 Å². The Balaban J connectivity index is 2.39. The summed E-state index contributed by atoms with van der Waals surface area (Å²) in [5, 5.41) is 6.39. The van der Waals surface area contributed by atoms with E-state index < -0.39 is 0 Å². The molecule has 47 valence electrons. The third-order valence-corrected chi connectivity index (χ3v) is 2.16. The highest BCUT2D eigenvalue weighted by Crippen LogP contribution is 2.12. The maximum Gasteiger partial charge on any atom is 0.0717 e. The van der Waals surface area contributed by atoms with Crippen LogP contribution in [0.2, 0.25) is 0 Å². The lowest BCUT2D eigenvalue weighted by atomic mass is 10.1. The predicted molar refractivity (Wildman–Crippen MR) is 36.4 cm³/mol. The summed E-state index contributed by atoms with van der Waals surface area (Å²) in [5.74, 6) is 0. The fraction of sp³-hybridized carbons (Fsp3) is 0.500. The molecular formula is C6H7N2S. The van der Waals surface area contributed by atoms with Gasteiger partial charge in [0, 0.05) is 25.1 Å². The molecule has 9 heavy (non-hydrogen) atoms. The molecule has 0 aliphatic carbocycles. The molecule has 0 bridgehead atoms. The second kappa shape index (κ2) is 2.08. The van der Waals surface area contributed by atoms with Crippen LogP contribution in [0, 0.1) is 5.38 Å². The van der Waals surface area contributed by atoms with Crippen LogP contribution in [-0.2, 0) is 13.0 Å². The summed E-state index contributed by atoms with van der Waals surface area (Å²) in [7, 11) is 0. The Hall–Kier alpha value is -0.410. The van der Waals surface area contributed by atoms with Crippen LogP contribution in [-0.4, -0.2) is 10.9 Å². The average Bonchev–Trinajstić information content (AvgIpc) is 2.33. The van der Waals surface area contributed by atoms with Crippen molar-refractivity contribution in [2.24, 2.45) is 0 Å². The summed E-state index contributed by atoms with van der Waals surface area (Å²) < 4.78 is 4.20. The van der Waals surface area contributed by atoms with Gasteiger partial charge in [-0.05, 0) is 11.5 Å². The Morgan fingerprint density at radius 1 is 1.67 bits per heavy atom. The van der Waals surface area contributed by atoms with E-state index in [1.165, 1.54) is 22.8 Å². The van der Waals surface area contributed by atoms with Crippen molar-refractivity contribution in [2.45, 2.75) is 13.0 Å². The Kier molecular flexibility index (Phi) is 1.24. The van der Waals surface area contributed by atoms with E-state index in [-0.39, 0.29) is 0 Å². The molecule has 0 saturated carbocycles.